The van der Waals surface area contributed by atoms with E-state index in [4.69, 9.17) is 32.7 Å². The number of rotatable bonds is 8. The molecule has 0 bridgehead atoms. The predicted molar refractivity (Wildman–Crippen MR) is 125 cm³/mol. The average Bonchev–Trinajstić information content (AvgIpc) is 3.41. The molecule has 168 valence electrons. The van der Waals surface area contributed by atoms with Gasteiger partial charge in [0.2, 0.25) is 0 Å². The minimum absolute atomic E-state index is 0.181. The van der Waals surface area contributed by atoms with E-state index < -0.39 is 0 Å². The Balaban J connectivity index is 1.34. The van der Waals surface area contributed by atoms with Crippen molar-refractivity contribution < 1.29 is 14.3 Å². The van der Waals surface area contributed by atoms with E-state index in [0.29, 0.717) is 36.0 Å². The Labute approximate surface area is 197 Å². The Morgan fingerprint density at radius 1 is 1.22 bits per heavy atom. The van der Waals surface area contributed by atoms with Gasteiger partial charge in [0.25, 0.3) is 5.91 Å². The lowest BCUT2D eigenvalue weighted by Crippen LogP contribution is -2.23. The van der Waals surface area contributed by atoms with E-state index in [0.717, 1.165) is 36.3 Å². The monoisotopic (exact) mass is 473 g/mol. The van der Waals surface area contributed by atoms with Crippen molar-refractivity contribution in [1.82, 2.24) is 15.1 Å². The van der Waals surface area contributed by atoms with Crippen molar-refractivity contribution in [1.29, 1.82) is 0 Å². The normalized spacial score (nSPS) is 15.7. The first-order chi connectivity index (χ1) is 15.5. The summed E-state index contributed by atoms with van der Waals surface area (Å²) in [4.78, 5) is 12.8. The number of halogens is 2. The maximum Gasteiger partial charge on any atom is 0.256 e. The third-order valence-electron chi connectivity index (χ3n) is 5.41. The van der Waals surface area contributed by atoms with Crippen molar-refractivity contribution in [3.05, 3.63) is 81.1 Å². The molecular weight excluding hydrogens is 449 g/mol. The second-order valence-corrected chi connectivity index (χ2v) is 8.54. The number of carbonyl (C=O) groups excluding carboxylic acids is 1. The van der Waals surface area contributed by atoms with Gasteiger partial charge < -0.3 is 14.8 Å². The van der Waals surface area contributed by atoms with Gasteiger partial charge in [0, 0.05) is 18.2 Å². The Kier molecular flexibility index (Phi) is 7.35. The van der Waals surface area contributed by atoms with Crippen LogP contribution in [-0.4, -0.2) is 35.0 Å². The van der Waals surface area contributed by atoms with Crippen molar-refractivity contribution in [2.45, 2.75) is 39.0 Å². The van der Waals surface area contributed by atoms with Gasteiger partial charge in [-0.05, 0) is 49.1 Å². The zero-order valence-electron chi connectivity index (χ0n) is 17.8. The number of hydrogen-bond donors (Lipinski definition) is 1. The molecule has 1 aliphatic heterocycles. The predicted octanol–water partition coefficient (Wildman–Crippen LogP) is 5.03. The van der Waals surface area contributed by atoms with E-state index in [1.165, 1.54) is 0 Å². The van der Waals surface area contributed by atoms with E-state index in [9.17, 15) is 4.79 Å². The van der Waals surface area contributed by atoms with E-state index in [1.54, 1.807) is 11.6 Å². The SMILES string of the molecule is Cc1nn(Cc2ccccc2Cl)c(Cl)c1C(=O)NCc1ccc(OCC2CCCO2)cc1. The molecule has 4 rings (SSSR count). The summed E-state index contributed by atoms with van der Waals surface area (Å²) in [6.45, 7) is 3.90. The van der Waals surface area contributed by atoms with Gasteiger partial charge in [-0.15, -0.1) is 0 Å². The van der Waals surface area contributed by atoms with E-state index in [2.05, 4.69) is 10.4 Å². The number of aryl methyl sites for hydroxylation is 1. The minimum Gasteiger partial charge on any atom is -0.491 e. The van der Waals surface area contributed by atoms with Crippen LogP contribution in [0.1, 0.15) is 40.0 Å². The summed E-state index contributed by atoms with van der Waals surface area (Å²) in [5, 5.41) is 8.26. The first-order valence-corrected chi connectivity index (χ1v) is 11.3. The number of carbonyl (C=O) groups is 1. The molecule has 3 aromatic rings. The van der Waals surface area contributed by atoms with Gasteiger partial charge in [-0.25, -0.2) is 4.68 Å². The molecule has 32 heavy (non-hydrogen) atoms. The Bertz CT molecular complexity index is 1080. The third-order valence-corrected chi connectivity index (χ3v) is 6.16. The van der Waals surface area contributed by atoms with Crippen LogP contribution in [0.25, 0.3) is 0 Å². The zero-order chi connectivity index (χ0) is 22.5. The fourth-order valence-corrected chi connectivity index (χ4v) is 4.16. The highest BCUT2D eigenvalue weighted by Crippen LogP contribution is 2.23. The molecule has 0 radical (unpaired) electrons. The molecule has 1 fully saturated rings. The number of amides is 1. The molecule has 1 saturated heterocycles. The standard InChI is InChI=1S/C24H25Cl2N3O3/c1-16-22(23(26)29(28-16)14-18-5-2-3-7-21(18)25)24(30)27-13-17-8-10-19(11-9-17)32-15-20-6-4-12-31-20/h2-3,5,7-11,20H,4,6,12-15H2,1H3,(H,27,30). The first-order valence-electron chi connectivity index (χ1n) is 10.6. The van der Waals surface area contributed by atoms with E-state index in [-0.39, 0.29) is 17.2 Å². The summed E-state index contributed by atoms with van der Waals surface area (Å²) in [6, 6.07) is 15.1. The van der Waals surface area contributed by atoms with Crippen molar-refractivity contribution in [2.24, 2.45) is 0 Å². The van der Waals surface area contributed by atoms with Gasteiger partial charge in [0.15, 0.2) is 0 Å². The maximum absolute atomic E-state index is 12.8. The number of nitrogens with one attached hydrogen (secondary N) is 1. The summed E-state index contributed by atoms with van der Waals surface area (Å²) in [5.74, 6) is 0.520. The lowest BCUT2D eigenvalue weighted by molar-refractivity contribution is 0.0679. The fourth-order valence-electron chi connectivity index (χ4n) is 3.64. The molecule has 2 aromatic carbocycles. The van der Waals surface area contributed by atoms with Gasteiger partial charge in [-0.2, -0.15) is 5.10 Å². The quantitative estimate of drug-likeness (QED) is 0.497. The highest BCUT2D eigenvalue weighted by Gasteiger charge is 2.21. The minimum atomic E-state index is -0.267. The van der Waals surface area contributed by atoms with Crippen LogP contribution in [0, 0.1) is 6.92 Å². The van der Waals surface area contributed by atoms with Crippen molar-refractivity contribution >= 4 is 29.1 Å². The van der Waals surface area contributed by atoms with Crippen LogP contribution >= 0.6 is 23.2 Å². The summed E-state index contributed by atoms with van der Waals surface area (Å²) < 4.78 is 12.9. The van der Waals surface area contributed by atoms with E-state index >= 15 is 0 Å². The summed E-state index contributed by atoms with van der Waals surface area (Å²) in [7, 11) is 0. The second-order valence-electron chi connectivity index (χ2n) is 7.77. The zero-order valence-corrected chi connectivity index (χ0v) is 19.3. The van der Waals surface area contributed by atoms with Gasteiger partial charge in [0.1, 0.15) is 17.5 Å². The summed E-state index contributed by atoms with van der Waals surface area (Å²) >= 11 is 12.7. The Hall–Kier alpha value is -2.54. The van der Waals surface area contributed by atoms with Crippen LogP contribution in [0.5, 0.6) is 5.75 Å². The van der Waals surface area contributed by atoms with Crippen LogP contribution in [-0.2, 0) is 17.8 Å². The van der Waals surface area contributed by atoms with Crippen LogP contribution in [0.2, 0.25) is 10.2 Å². The smallest absolute Gasteiger partial charge is 0.256 e. The molecule has 1 aliphatic rings. The van der Waals surface area contributed by atoms with Gasteiger partial charge in [-0.3, -0.25) is 4.79 Å². The number of ether oxygens (including phenoxy) is 2. The molecule has 0 aliphatic carbocycles. The number of benzene rings is 2. The molecule has 1 atom stereocenters. The Morgan fingerprint density at radius 3 is 2.72 bits per heavy atom. The topological polar surface area (TPSA) is 65.4 Å². The highest BCUT2D eigenvalue weighted by molar-refractivity contribution is 6.33. The summed E-state index contributed by atoms with van der Waals surface area (Å²) in [6.07, 6.45) is 2.32. The third kappa shape index (κ3) is 5.44. The van der Waals surface area contributed by atoms with Crippen LogP contribution in [0.4, 0.5) is 0 Å². The lowest BCUT2D eigenvalue weighted by Gasteiger charge is -2.12. The fraction of sp³-hybridized carbons (Fsp3) is 0.333. The molecule has 1 N–H and O–H groups in total. The molecule has 0 spiro atoms. The lowest BCUT2D eigenvalue weighted by atomic mass is 10.2. The largest absolute Gasteiger partial charge is 0.491 e. The average molecular weight is 474 g/mol. The van der Waals surface area contributed by atoms with Crippen LogP contribution in [0.3, 0.4) is 0 Å². The maximum atomic E-state index is 12.8. The molecule has 1 amide bonds. The number of nitrogens with zero attached hydrogens (tertiary/aromatic N) is 2. The summed E-state index contributed by atoms with van der Waals surface area (Å²) in [5.41, 5.74) is 2.78. The molecule has 1 aromatic heterocycles. The van der Waals surface area contributed by atoms with Crippen molar-refractivity contribution in [3.63, 3.8) is 0 Å². The van der Waals surface area contributed by atoms with Crippen LogP contribution < -0.4 is 10.1 Å². The highest BCUT2D eigenvalue weighted by atomic mass is 35.5. The van der Waals surface area contributed by atoms with Crippen LogP contribution in [0.15, 0.2) is 48.5 Å². The first kappa shape index (κ1) is 22.6. The molecule has 0 saturated carbocycles. The van der Waals surface area contributed by atoms with Crippen molar-refractivity contribution in [3.8, 4) is 5.75 Å². The van der Waals surface area contributed by atoms with Gasteiger partial charge in [0.05, 0.1) is 23.9 Å². The molecular formula is C24H25Cl2N3O3. The molecule has 1 unspecified atom stereocenters. The van der Waals surface area contributed by atoms with Gasteiger partial charge in [-0.1, -0.05) is 53.5 Å². The van der Waals surface area contributed by atoms with E-state index in [1.807, 2.05) is 48.5 Å². The van der Waals surface area contributed by atoms with Crippen molar-refractivity contribution in [2.75, 3.05) is 13.2 Å². The Morgan fingerprint density at radius 2 is 2.00 bits per heavy atom. The molecule has 2 heterocycles. The molecule has 8 heteroatoms. The molecule has 6 nitrogen and oxygen atoms in total. The number of aromatic nitrogens is 2. The van der Waals surface area contributed by atoms with Gasteiger partial charge >= 0.3 is 0 Å². The number of hydrogen-bond acceptors (Lipinski definition) is 4. The second kappa shape index (κ2) is 10.4.